The molecule has 1 aromatic heterocycles. The molecular formula is C27H29ClF2O6S. The fourth-order valence-electron chi connectivity index (χ4n) is 7.97. The summed E-state index contributed by atoms with van der Waals surface area (Å²) < 4.78 is 44.3. The molecule has 37 heavy (non-hydrogen) atoms. The normalized spacial score (nSPS) is 44.5. The SMILES string of the molecule is C[C@@H]1CC2C3C[C@@H](F)C4=CC(=O)C=C[C@]4(C)[C@]3(F)[C@@H](O)C[C@]2(C)C1(OC(=O)c1ccco1)C(=O)SCCl. The zero-order valence-corrected chi connectivity index (χ0v) is 22.3. The van der Waals surface area contributed by atoms with Crippen molar-refractivity contribution in [3.63, 3.8) is 0 Å². The summed E-state index contributed by atoms with van der Waals surface area (Å²) in [6.07, 6.45) is 1.59. The van der Waals surface area contributed by atoms with Crippen LogP contribution >= 0.6 is 23.4 Å². The van der Waals surface area contributed by atoms with Gasteiger partial charge >= 0.3 is 5.97 Å². The van der Waals surface area contributed by atoms with Crippen molar-refractivity contribution in [2.24, 2.45) is 28.6 Å². The minimum atomic E-state index is -2.30. The van der Waals surface area contributed by atoms with E-state index in [1.165, 1.54) is 37.5 Å². The monoisotopic (exact) mass is 554 g/mol. The maximum absolute atomic E-state index is 17.4. The summed E-state index contributed by atoms with van der Waals surface area (Å²) in [4.78, 5) is 38.9. The number of hydrogen-bond acceptors (Lipinski definition) is 7. The lowest BCUT2D eigenvalue weighted by Crippen LogP contribution is -2.70. The van der Waals surface area contributed by atoms with Crippen LogP contribution in [0.4, 0.5) is 8.78 Å². The van der Waals surface area contributed by atoms with E-state index in [9.17, 15) is 19.5 Å². The number of thioether (sulfide) groups is 1. The second kappa shape index (κ2) is 8.78. The van der Waals surface area contributed by atoms with Gasteiger partial charge in [0.15, 0.2) is 17.1 Å². The Labute approximate surface area is 222 Å². The van der Waals surface area contributed by atoms with Crippen LogP contribution in [0.5, 0.6) is 0 Å². The zero-order valence-electron chi connectivity index (χ0n) is 20.7. The lowest BCUT2D eigenvalue weighted by molar-refractivity contribution is -0.221. The number of hydrogen-bond donors (Lipinski definition) is 1. The van der Waals surface area contributed by atoms with Crippen LogP contribution in [-0.2, 0) is 14.3 Å². The van der Waals surface area contributed by atoms with Crippen molar-refractivity contribution in [1.82, 2.24) is 0 Å². The van der Waals surface area contributed by atoms with Gasteiger partial charge in [0.25, 0.3) is 0 Å². The van der Waals surface area contributed by atoms with Crippen molar-refractivity contribution in [2.75, 3.05) is 5.21 Å². The first-order chi connectivity index (χ1) is 17.4. The highest BCUT2D eigenvalue weighted by Gasteiger charge is 2.78. The lowest BCUT2D eigenvalue weighted by Gasteiger charge is -2.63. The number of ether oxygens (including phenoxy) is 1. The Morgan fingerprint density at radius 1 is 1.30 bits per heavy atom. The molecule has 9 atom stereocenters. The van der Waals surface area contributed by atoms with Crippen LogP contribution in [0, 0.1) is 28.6 Å². The maximum atomic E-state index is 17.4. The van der Waals surface area contributed by atoms with Crippen molar-refractivity contribution in [1.29, 1.82) is 0 Å². The summed E-state index contributed by atoms with van der Waals surface area (Å²) in [7, 11) is 0. The summed E-state index contributed by atoms with van der Waals surface area (Å²) in [5, 5.41) is 10.9. The van der Waals surface area contributed by atoms with E-state index in [1.807, 2.05) is 0 Å². The fourth-order valence-corrected chi connectivity index (χ4v) is 9.05. The summed E-state index contributed by atoms with van der Waals surface area (Å²) in [6, 6.07) is 2.93. The van der Waals surface area contributed by atoms with E-state index in [0.29, 0.717) is 0 Å². The molecule has 0 amide bonds. The number of carbonyl (C=O) groups is 3. The molecule has 0 saturated heterocycles. The Kier molecular flexibility index (Phi) is 6.32. The van der Waals surface area contributed by atoms with Crippen LogP contribution in [0.3, 0.4) is 0 Å². The molecule has 0 bridgehead atoms. The standard InChI is InChI=1S/C27H29ClF2O6S/c1-14-9-16-17-11-19(29)18-10-15(31)6-7-24(18,2)26(17,30)21(32)12-25(16,3)27(14,23(34)37-13-28)36-22(33)20-5-4-8-35-20/h4-8,10,14,16-17,19,21,32H,9,11-13H2,1-3H3/t14-,16?,17?,19-,21+,24+,25+,26-,27?/m1/s1. The van der Waals surface area contributed by atoms with Crippen LogP contribution in [0.2, 0.25) is 0 Å². The molecule has 1 N–H and O–H groups in total. The number of aliphatic hydroxyl groups is 1. The van der Waals surface area contributed by atoms with Gasteiger partial charge in [-0.15, -0.1) is 11.6 Å². The van der Waals surface area contributed by atoms with Crippen molar-refractivity contribution >= 4 is 40.2 Å². The number of ketones is 1. The van der Waals surface area contributed by atoms with Crippen molar-refractivity contribution in [2.45, 2.75) is 63.6 Å². The largest absolute Gasteiger partial charge is 0.457 e. The maximum Gasteiger partial charge on any atom is 0.375 e. The highest BCUT2D eigenvalue weighted by Crippen LogP contribution is 2.72. The first kappa shape index (κ1) is 26.6. The number of aliphatic hydroxyl groups excluding tert-OH is 1. The Bertz CT molecular complexity index is 1200. The van der Waals surface area contributed by atoms with Gasteiger partial charge in [0.2, 0.25) is 10.9 Å². The van der Waals surface area contributed by atoms with Gasteiger partial charge in [-0.05, 0) is 62.0 Å². The lowest BCUT2D eigenvalue weighted by atomic mass is 9.44. The van der Waals surface area contributed by atoms with E-state index < -0.39 is 69.0 Å². The van der Waals surface area contributed by atoms with Gasteiger partial charge in [0.05, 0.1) is 17.6 Å². The highest BCUT2D eigenvalue weighted by molar-refractivity contribution is 8.14. The predicted octanol–water partition coefficient (Wildman–Crippen LogP) is 5.20. The number of carbonyl (C=O) groups excluding carboxylic acids is 3. The number of fused-ring (bicyclic) bond motifs is 5. The van der Waals surface area contributed by atoms with Crippen LogP contribution in [0.1, 0.15) is 50.6 Å². The molecule has 0 spiro atoms. The molecule has 10 heteroatoms. The number of halogens is 3. The number of esters is 1. The quantitative estimate of drug-likeness (QED) is 0.404. The van der Waals surface area contributed by atoms with Crippen LogP contribution in [0.15, 0.2) is 46.6 Å². The van der Waals surface area contributed by atoms with E-state index in [-0.39, 0.29) is 35.8 Å². The number of allylic oxidation sites excluding steroid dienone is 4. The average Bonchev–Trinajstić information content (AvgIpc) is 3.45. The molecule has 1 aromatic rings. The molecule has 5 rings (SSSR count). The number of furan rings is 1. The first-order valence-corrected chi connectivity index (χ1v) is 13.8. The Hall–Kier alpha value is -1.97. The molecule has 3 saturated carbocycles. The van der Waals surface area contributed by atoms with Gasteiger partial charge in [-0.3, -0.25) is 9.59 Å². The van der Waals surface area contributed by atoms with Gasteiger partial charge in [-0.1, -0.05) is 31.7 Å². The second-order valence-corrected chi connectivity index (χ2v) is 12.7. The van der Waals surface area contributed by atoms with Gasteiger partial charge in [0.1, 0.15) is 6.17 Å². The molecule has 0 aliphatic heterocycles. The molecule has 1 heterocycles. The van der Waals surface area contributed by atoms with Gasteiger partial charge in [0, 0.05) is 22.7 Å². The van der Waals surface area contributed by atoms with Crippen LogP contribution in [-0.4, -0.2) is 50.7 Å². The van der Waals surface area contributed by atoms with Crippen LogP contribution < -0.4 is 0 Å². The number of rotatable bonds is 4. The third kappa shape index (κ3) is 3.35. The van der Waals surface area contributed by atoms with Crippen molar-refractivity contribution in [3.05, 3.63) is 48.0 Å². The molecule has 3 fully saturated rings. The molecule has 200 valence electrons. The molecule has 0 aromatic carbocycles. The smallest absolute Gasteiger partial charge is 0.375 e. The molecule has 6 nitrogen and oxygen atoms in total. The molecule has 4 aliphatic rings. The summed E-state index contributed by atoms with van der Waals surface area (Å²) in [5.41, 5.74) is -6.80. The minimum absolute atomic E-state index is 0.0248. The zero-order chi connectivity index (χ0) is 27.0. The van der Waals surface area contributed by atoms with Crippen molar-refractivity contribution < 1.29 is 37.4 Å². The predicted molar refractivity (Wildman–Crippen MR) is 133 cm³/mol. The van der Waals surface area contributed by atoms with E-state index >= 15 is 8.78 Å². The fraction of sp³-hybridized carbons (Fsp3) is 0.593. The highest BCUT2D eigenvalue weighted by atomic mass is 35.5. The minimum Gasteiger partial charge on any atom is -0.457 e. The first-order valence-electron chi connectivity index (χ1n) is 12.3. The summed E-state index contributed by atoms with van der Waals surface area (Å²) >= 11 is 6.70. The van der Waals surface area contributed by atoms with E-state index in [1.54, 1.807) is 13.8 Å². The van der Waals surface area contributed by atoms with Crippen LogP contribution in [0.25, 0.3) is 0 Å². The molecular weight excluding hydrogens is 526 g/mol. The van der Waals surface area contributed by atoms with Gasteiger partial charge in [-0.25, -0.2) is 13.6 Å². The Morgan fingerprint density at radius 3 is 2.68 bits per heavy atom. The van der Waals surface area contributed by atoms with E-state index in [0.717, 1.165) is 17.8 Å². The van der Waals surface area contributed by atoms with Gasteiger partial charge < -0.3 is 14.3 Å². The topological polar surface area (TPSA) is 93.8 Å². The third-order valence-corrected chi connectivity index (χ3v) is 10.6. The van der Waals surface area contributed by atoms with E-state index in [2.05, 4.69) is 0 Å². The average molecular weight is 555 g/mol. The van der Waals surface area contributed by atoms with Gasteiger partial charge in [-0.2, -0.15) is 0 Å². The third-order valence-electron chi connectivity index (χ3n) is 9.63. The van der Waals surface area contributed by atoms with E-state index in [4.69, 9.17) is 20.8 Å². The second-order valence-electron chi connectivity index (χ2n) is 11.1. The molecule has 3 unspecified atom stereocenters. The molecule has 4 aliphatic carbocycles. The van der Waals surface area contributed by atoms with Crippen molar-refractivity contribution in [3.8, 4) is 0 Å². The Morgan fingerprint density at radius 2 is 2.03 bits per heavy atom. The number of alkyl halides is 3. The Balaban J connectivity index is 1.64. The summed E-state index contributed by atoms with van der Waals surface area (Å²) in [6.45, 7) is 4.98. The summed E-state index contributed by atoms with van der Waals surface area (Å²) in [5.74, 6) is -3.56. The molecule has 0 radical (unpaired) electrons.